The molecule has 1 aliphatic heterocycles. The Balaban J connectivity index is 1.76. The number of thiazole rings is 1. The standard InChI is InChI=1S/C16H20N2S/c1-16(2)11-18(8-14-10-19-12-17-14)9-15(16)13-6-4-3-5-7-13/h3-7,10,12,15H,8-9,11H2,1-2H3. The van der Waals surface area contributed by atoms with Crippen LogP contribution in [0.1, 0.15) is 31.0 Å². The predicted molar refractivity (Wildman–Crippen MR) is 80.4 cm³/mol. The van der Waals surface area contributed by atoms with Crippen molar-refractivity contribution in [2.75, 3.05) is 13.1 Å². The first-order valence-electron chi connectivity index (χ1n) is 6.79. The molecule has 1 aromatic carbocycles. The Labute approximate surface area is 119 Å². The van der Waals surface area contributed by atoms with E-state index >= 15 is 0 Å². The van der Waals surface area contributed by atoms with Crippen LogP contribution in [-0.2, 0) is 6.54 Å². The van der Waals surface area contributed by atoms with Gasteiger partial charge in [0, 0.05) is 30.9 Å². The first kappa shape index (κ1) is 12.8. The fourth-order valence-corrected chi connectivity index (χ4v) is 3.71. The van der Waals surface area contributed by atoms with Gasteiger partial charge in [0.05, 0.1) is 11.2 Å². The summed E-state index contributed by atoms with van der Waals surface area (Å²) in [4.78, 5) is 6.94. The molecule has 0 N–H and O–H groups in total. The molecule has 0 bridgehead atoms. The normalized spacial score (nSPS) is 22.7. The molecule has 100 valence electrons. The van der Waals surface area contributed by atoms with Gasteiger partial charge in [-0.3, -0.25) is 4.90 Å². The first-order chi connectivity index (χ1) is 9.15. The molecule has 1 saturated heterocycles. The number of aromatic nitrogens is 1. The third-order valence-electron chi connectivity index (χ3n) is 4.09. The molecule has 2 nitrogen and oxygen atoms in total. The minimum atomic E-state index is 0.331. The summed E-state index contributed by atoms with van der Waals surface area (Å²) in [5, 5.41) is 2.16. The number of nitrogens with zero attached hydrogens (tertiary/aromatic N) is 2. The van der Waals surface area contributed by atoms with E-state index < -0.39 is 0 Å². The van der Waals surface area contributed by atoms with Crippen LogP contribution >= 0.6 is 11.3 Å². The average molecular weight is 272 g/mol. The Bertz CT molecular complexity index is 519. The summed E-state index contributed by atoms with van der Waals surface area (Å²) in [7, 11) is 0. The van der Waals surface area contributed by atoms with E-state index in [0.29, 0.717) is 11.3 Å². The highest BCUT2D eigenvalue weighted by molar-refractivity contribution is 7.07. The lowest BCUT2D eigenvalue weighted by Crippen LogP contribution is -2.23. The second-order valence-corrected chi connectivity index (χ2v) is 6.82. The van der Waals surface area contributed by atoms with Gasteiger partial charge in [-0.2, -0.15) is 0 Å². The van der Waals surface area contributed by atoms with Crippen LogP contribution in [0.25, 0.3) is 0 Å². The van der Waals surface area contributed by atoms with E-state index in [0.717, 1.165) is 19.6 Å². The maximum atomic E-state index is 4.40. The van der Waals surface area contributed by atoms with E-state index in [1.54, 1.807) is 11.3 Å². The van der Waals surface area contributed by atoms with Gasteiger partial charge in [-0.1, -0.05) is 44.2 Å². The maximum Gasteiger partial charge on any atom is 0.0795 e. The number of hydrogen-bond acceptors (Lipinski definition) is 3. The lowest BCUT2D eigenvalue weighted by atomic mass is 9.78. The summed E-state index contributed by atoms with van der Waals surface area (Å²) >= 11 is 1.68. The summed E-state index contributed by atoms with van der Waals surface area (Å²) in [6.07, 6.45) is 0. The van der Waals surface area contributed by atoms with Crippen LogP contribution in [0.4, 0.5) is 0 Å². The van der Waals surface area contributed by atoms with Gasteiger partial charge in [-0.15, -0.1) is 11.3 Å². The molecule has 0 amide bonds. The minimum Gasteiger partial charge on any atom is -0.296 e. The van der Waals surface area contributed by atoms with Gasteiger partial charge in [0.1, 0.15) is 0 Å². The molecular formula is C16H20N2S. The molecule has 1 atom stereocenters. The zero-order valence-corrected chi connectivity index (χ0v) is 12.4. The molecule has 1 aliphatic rings. The molecule has 2 heterocycles. The molecule has 1 unspecified atom stereocenters. The fourth-order valence-electron chi connectivity index (χ4n) is 3.16. The van der Waals surface area contributed by atoms with Crippen LogP contribution in [0.3, 0.4) is 0 Å². The van der Waals surface area contributed by atoms with Gasteiger partial charge in [0.25, 0.3) is 0 Å². The van der Waals surface area contributed by atoms with Crippen molar-refractivity contribution in [2.24, 2.45) is 5.41 Å². The topological polar surface area (TPSA) is 16.1 Å². The molecule has 19 heavy (non-hydrogen) atoms. The van der Waals surface area contributed by atoms with Crippen LogP contribution in [0.5, 0.6) is 0 Å². The predicted octanol–water partition coefficient (Wildman–Crippen LogP) is 3.77. The van der Waals surface area contributed by atoms with Crippen molar-refractivity contribution in [3.63, 3.8) is 0 Å². The van der Waals surface area contributed by atoms with Crippen molar-refractivity contribution < 1.29 is 0 Å². The number of likely N-dealkylation sites (tertiary alicyclic amines) is 1. The lowest BCUT2D eigenvalue weighted by molar-refractivity contribution is 0.280. The molecule has 0 radical (unpaired) electrons. The lowest BCUT2D eigenvalue weighted by Gasteiger charge is -2.26. The van der Waals surface area contributed by atoms with E-state index in [4.69, 9.17) is 0 Å². The number of hydrogen-bond donors (Lipinski definition) is 0. The smallest absolute Gasteiger partial charge is 0.0795 e. The Hall–Kier alpha value is -1.19. The van der Waals surface area contributed by atoms with E-state index in [1.165, 1.54) is 11.3 Å². The van der Waals surface area contributed by atoms with E-state index in [2.05, 4.69) is 59.4 Å². The quantitative estimate of drug-likeness (QED) is 0.845. The zero-order chi connectivity index (χ0) is 13.3. The van der Waals surface area contributed by atoms with Gasteiger partial charge in [0.2, 0.25) is 0 Å². The second-order valence-electron chi connectivity index (χ2n) is 6.10. The number of rotatable bonds is 3. The van der Waals surface area contributed by atoms with Crippen molar-refractivity contribution in [2.45, 2.75) is 26.3 Å². The summed E-state index contributed by atoms with van der Waals surface area (Å²) in [6.45, 7) is 8.02. The Morgan fingerprint density at radius 3 is 2.79 bits per heavy atom. The van der Waals surface area contributed by atoms with Gasteiger partial charge >= 0.3 is 0 Å². The first-order valence-corrected chi connectivity index (χ1v) is 7.74. The second kappa shape index (κ2) is 5.06. The Morgan fingerprint density at radius 1 is 1.32 bits per heavy atom. The molecule has 3 heteroatoms. The molecule has 1 aromatic heterocycles. The van der Waals surface area contributed by atoms with Crippen LogP contribution in [0.15, 0.2) is 41.2 Å². The third-order valence-corrected chi connectivity index (χ3v) is 4.72. The van der Waals surface area contributed by atoms with Crippen molar-refractivity contribution in [3.05, 3.63) is 52.5 Å². The highest BCUT2D eigenvalue weighted by atomic mass is 32.1. The summed E-state index contributed by atoms with van der Waals surface area (Å²) in [5.41, 5.74) is 4.92. The SMILES string of the molecule is CC1(C)CN(Cc2cscn2)CC1c1ccccc1. The summed E-state index contributed by atoms with van der Waals surface area (Å²) < 4.78 is 0. The molecule has 2 aromatic rings. The Morgan fingerprint density at radius 2 is 2.11 bits per heavy atom. The average Bonchev–Trinajstić information content (AvgIpc) is 2.98. The van der Waals surface area contributed by atoms with Crippen molar-refractivity contribution >= 4 is 11.3 Å². The number of benzene rings is 1. The van der Waals surface area contributed by atoms with Crippen molar-refractivity contribution in [1.82, 2.24) is 9.88 Å². The molecule has 0 aliphatic carbocycles. The van der Waals surface area contributed by atoms with Crippen molar-refractivity contribution in [3.8, 4) is 0 Å². The highest BCUT2D eigenvalue weighted by Gasteiger charge is 2.39. The van der Waals surface area contributed by atoms with Gasteiger partial charge in [-0.05, 0) is 11.0 Å². The molecule has 0 spiro atoms. The van der Waals surface area contributed by atoms with Gasteiger partial charge in [0.15, 0.2) is 0 Å². The molecule has 3 rings (SSSR count). The van der Waals surface area contributed by atoms with Gasteiger partial charge < -0.3 is 0 Å². The minimum absolute atomic E-state index is 0.331. The van der Waals surface area contributed by atoms with Crippen LogP contribution < -0.4 is 0 Å². The Kier molecular flexibility index (Phi) is 3.42. The summed E-state index contributed by atoms with van der Waals surface area (Å²) in [5.74, 6) is 0.618. The highest BCUT2D eigenvalue weighted by Crippen LogP contribution is 2.42. The van der Waals surface area contributed by atoms with E-state index in [9.17, 15) is 0 Å². The van der Waals surface area contributed by atoms with Crippen LogP contribution in [-0.4, -0.2) is 23.0 Å². The van der Waals surface area contributed by atoms with Crippen molar-refractivity contribution in [1.29, 1.82) is 0 Å². The van der Waals surface area contributed by atoms with E-state index in [1.807, 2.05) is 5.51 Å². The molecular weight excluding hydrogens is 252 g/mol. The summed E-state index contributed by atoms with van der Waals surface area (Å²) in [6, 6.07) is 10.9. The van der Waals surface area contributed by atoms with E-state index in [-0.39, 0.29) is 0 Å². The third kappa shape index (κ3) is 2.72. The monoisotopic (exact) mass is 272 g/mol. The zero-order valence-electron chi connectivity index (χ0n) is 11.5. The van der Waals surface area contributed by atoms with Crippen LogP contribution in [0.2, 0.25) is 0 Å². The molecule has 0 saturated carbocycles. The van der Waals surface area contributed by atoms with Crippen LogP contribution in [0, 0.1) is 5.41 Å². The largest absolute Gasteiger partial charge is 0.296 e. The maximum absolute atomic E-state index is 4.40. The molecule has 1 fully saturated rings. The van der Waals surface area contributed by atoms with Gasteiger partial charge in [-0.25, -0.2) is 4.98 Å². The fraction of sp³-hybridized carbons (Fsp3) is 0.438.